The van der Waals surface area contributed by atoms with Gasteiger partial charge in [0.2, 0.25) is 0 Å². The Morgan fingerprint density at radius 3 is 2.23 bits per heavy atom. The van der Waals surface area contributed by atoms with Gasteiger partial charge in [-0.3, -0.25) is 4.90 Å². The number of carboxylic acids is 1. The molecule has 0 radical (unpaired) electrons. The van der Waals surface area contributed by atoms with Gasteiger partial charge in [0.25, 0.3) is 0 Å². The van der Waals surface area contributed by atoms with Crippen LogP contribution in [0.15, 0.2) is 54.6 Å². The minimum atomic E-state index is -5.08. The second-order valence-electron chi connectivity index (χ2n) is 9.75. The maximum atomic E-state index is 10.6. The summed E-state index contributed by atoms with van der Waals surface area (Å²) in [6.45, 7) is 7.69. The van der Waals surface area contributed by atoms with Crippen LogP contribution in [0.4, 0.5) is 13.2 Å². The van der Waals surface area contributed by atoms with Crippen molar-refractivity contribution in [2.24, 2.45) is 0 Å². The lowest BCUT2D eigenvalue weighted by atomic mass is 9.68. The van der Waals surface area contributed by atoms with Gasteiger partial charge in [-0.05, 0) is 55.5 Å². The Bertz CT molecular complexity index is 969. The highest BCUT2D eigenvalue weighted by molar-refractivity contribution is 5.73. The molecule has 0 aliphatic carbocycles. The highest BCUT2D eigenvalue weighted by Crippen LogP contribution is 2.42. The predicted octanol–water partition coefficient (Wildman–Crippen LogP) is 4.85. The molecule has 1 N–H and O–H groups in total. The highest BCUT2D eigenvalue weighted by atomic mass is 19.4. The number of halogens is 3. The largest absolute Gasteiger partial charge is 0.490 e. The zero-order chi connectivity index (χ0) is 24.9. The van der Waals surface area contributed by atoms with Crippen LogP contribution < -0.4 is 0 Å². The number of likely N-dealkylation sites (tertiary alicyclic amines) is 1. The summed E-state index contributed by atoms with van der Waals surface area (Å²) < 4.78 is 37.3. The van der Waals surface area contributed by atoms with Gasteiger partial charge in [-0.2, -0.15) is 13.2 Å². The number of alkyl halides is 3. The predicted molar refractivity (Wildman–Crippen MR) is 127 cm³/mol. The SMILES string of the molecule is O=C(O)C(F)(F)F.c1ccc(CN2Cc3ccccc3C3(CCN(C4CCOCC4)CC3)C2)cc1. The van der Waals surface area contributed by atoms with Crippen molar-refractivity contribution in [1.82, 2.24) is 9.80 Å². The molecule has 190 valence electrons. The van der Waals surface area contributed by atoms with E-state index in [4.69, 9.17) is 14.6 Å². The van der Waals surface area contributed by atoms with Crippen molar-refractivity contribution in [3.05, 3.63) is 71.3 Å². The first-order chi connectivity index (χ1) is 16.8. The number of carbonyl (C=O) groups is 1. The monoisotopic (exact) mass is 490 g/mol. The molecule has 0 bridgehead atoms. The van der Waals surface area contributed by atoms with Crippen molar-refractivity contribution in [2.75, 3.05) is 32.8 Å². The molecule has 0 atom stereocenters. The Labute approximate surface area is 204 Å². The molecule has 3 aliphatic rings. The fourth-order valence-corrected chi connectivity index (χ4v) is 5.73. The number of fused-ring (bicyclic) bond motifs is 2. The number of piperidine rings is 1. The van der Waals surface area contributed by atoms with E-state index in [1.165, 1.54) is 50.9 Å². The van der Waals surface area contributed by atoms with Crippen LogP contribution in [-0.4, -0.2) is 65.9 Å². The van der Waals surface area contributed by atoms with Crippen molar-refractivity contribution < 1.29 is 27.8 Å². The summed E-state index contributed by atoms with van der Waals surface area (Å²) >= 11 is 0. The zero-order valence-corrected chi connectivity index (χ0v) is 19.8. The van der Waals surface area contributed by atoms with Crippen molar-refractivity contribution in [1.29, 1.82) is 0 Å². The fourth-order valence-electron chi connectivity index (χ4n) is 5.73. The Kier molecular flexibility index (Phi) is 8.14. The molecule has 0 amide bonds. The molecule has 8 heteroatoms. The molecule has 0 saturated carbocycles. The molecule has 0 aromatic heterocycles. The van der Waals surface area contributed by atoms with E-state index in [0.29, 0.717) is 5.41 Å². The summed E-state index contributed by atoms with van der Waals surface area (Å²) in [7, 11) is 0. The molecule has 2 aromatic rings. The molecular formula is C27H33F3N2O3. The maximum Gasteiger partial charge on any atom is 0.490 e. The van der Waals surface area contributed by atoms with Crippen molar-refractivity contribution in [3.63, 3.8) is 0 Å². The molecule has 0 unspecified atom stereocenters. The van der Waals surface area contributed by atoms with Crippen LogP contribution in [0.5, 0.6) is 0 Å². The van der Waals surface area contributed by atoms with Gasteiger partial charge in [0.05, 0.1) is 0 Å². The molecule has 3 aliphatic heterocycles. The van der Waals surface area contributed by atoms with Crippen LogP contribution in [0.25, 0.3) is 0 Å². The molecule has 2 aromatic carbocycles. The van der Waals surface area contributed by atoms with Crippen LogP contribution in [0.3, 0.4) is 0 Å². The van der Waals surface area contributed by atoms with Crippen LogP contribution in [0, 0.1) is 0 Å². The third-order valence-corrected chi connectivity index (χ3v) is 7.46. The lowest BCUT2D eigenvalue weighted by molar-refractivity contribution is -0.192. The fraction of sp³-hybridized carbons (Fsp3) is 0.519. The van der Waals surface area contributed by atoms with Crippen LogP contribution in [0.2, 0.25) is 0 Å². The van der Waals surface area contributed by atoms with Gasteiger partial charge in [0.15, 0.2) is 0 Å². The van der Waals surface area contributed by atoms with E-state index in [0.717, 1.165) is 32.3 Å². The smallest absolute Gasteiger partial charge is 0.475 e. The van der Waals surface area contributed by atoms with E-state index in [-0.39, 0.29) is 0 Å². The van der Waals surface area contributed by atoms with E-state index < -0.39 is 12.1 Å². The first-order valence-corrected chi connectivity index (χ1v) is 12.2. The third-order valence-electron chi connectivity index (χ3n) is 7.46. The van der Waals surface area contributed by atoms with Gasteiger partial charge >= 0.3 is 12.1 Å². The minimum Gasteiger partial charge on any atom is -0.475 e. The van der Waals surface area contributed by atoms with Gasteiger partial charge < -0.3 is 14.7 Å². The van der Waals surface area contributed by atoms with E-state index in [1.54, 1.807) is 11.1 Å². The van der Waals surface area contributed by atoms with Crippen LogP contribution in [-0.2, 0) is 28.0 Å². The zero-order valence-electron chi connectivity index (χ0n) is 19.8. The molecule has 35 heavy (non-hydrogen) atoms. The topological polar surface area (TPSA) is 53.0 Å². The number of ether oxygens (including phenoxy) is 1. The molecule has 5 nitrogen and oxygen atoms in total. The Morgan fingerprint density at radius 2 is 1.60 bits per heavy atom. The van der Waals surface area contributed by atoms with E-state index in [1.807, 2.05) is 0 Å². The summed E-state index contributed by atoms with van der Waals surface area (Å²) in [5.74, 6) is -2.76. The quantitative estimate of drug-likeness (QED) is 0.667. The lowest BCUT2D eigenvalue weighted by Gasteiger charge is -2.50. The molecule has 2 fully saturated rings. The average molecular weight is 491 g/mol. The van der Waals surface area contributed by atoms with Crippen molar-refractivity contribution in [2.45, 2.75) is 56.4 Å². The second-order valence-corrected chi connectivity index (χ2v) is 9.75. The molecular weight excluding hydrogens is 457 g/mol. The Balaban J connectivity index is 0.000000364. The number of hydrogen-bond acceptors (Lipinski definition) is 4. The Hall–Kier alpha value is -2.42. The summed E-state index contributed by atoms with van der Waals surface area (Å²) in [6.07, 6.45) is -0.0905. The highest BCUT2D eigenvalue weighted by Gasteiger charge is 2.43. The van der Waals surface area contributed by atoms with Gasteiger partial charge in [-0.15, -0.1) is 0 Å². The average Bonchev–Trinajstić information content (AvgIpc) is 2.86. The van der Waals surface area contributed by atoms with Crippen molar-refractivity contribution >= 4 is 5.97 Å². The summed E-state index contributed by atoms with van der Waals surface area (Å²) in [5.41, 5.74) is 4.93. The number of nitrogens with zero attached hydrogens (tertiary/aromatic N) is 2. The van der Waals surface area contributed by atoms with Gasteiger partial charge in [-0.25, -0.2) is 4.79 Å². The van der Waals surface area contributed by atoms with Crippen molar-refractivity contribution in [3.8, 4) is 0 Å². The maximum absolute atomic E-state index is 10.6. The summed E-state index contributed by atoms with van der Waals surface area (Å²) in [5, 5.41) is 7.12. The normalized spacial score (nSPS) is 21.1. The molecule has 1 spiro atoms. The second kappa shape index (κ2) is 11.1. The molecule has 3 heterocycles. The minimum absolute atomic E-state index is 0.325. The Morgan fingerprint density at radius 1 is 1.00 bits per heavy atom. The van der Waals surface area contributed by atoms with E-state index in [9.17, 15) is 13.2 Å². The van der Waals surface area contributed by atoms with E-state index in [2.05, 4.69) is 64.4 Å². The van der Waals surface area contributed by atoms with Crippen LogP contribution in [0.1, 0.15) is 42.4 Å². The third kappa shape index (κ3) is 6.42. The number of aliphatic carboxylic acids is 1. The standard InChI is InChI=1S/C25H32N2O.C2HF3O2/c1-2-6-21(7-3-1)18-26-19-22-8-4-5-9-24(22)25(20-26)12-14-27(15-13-25)23-10-16-28-17-11-23;3-2(4,5)1(6)7/h1-9,23H,10-20H2;(H,6,7). The van der Waals surface area contributed by atoms with Gasteiger partial charge in [0.1, 0.15) is 0 Å². The van der Waals surface area contributed by atoms with Gasteiger partial charge in [-0.1, -0.05) is 54.6 Å². The molecule has 5 rings (SSSR count). The van der Waals surface area contributed by atoms with E-state index >= 15 is 0 Å². The lowest BCUT2D eigenvalue weighted by Crippen LogP contribution is -2.54. The summed E-state index contributed by atoms with van der Waals surface area (Å²) in [6, 6.07) is 21.0. The first-order valence-electron chi connectivity index (χ1n) is 12.2. The van der Waals surface area contributed by atoms with Crippen LogP contribution >= 0.6 is 0 Å². The first kappa shape index (κ1) is 25.7. The summed E-state index contributed by atoms with van der Waals surface area (Å²) in [4.78, 5) is 14.3. The number of hydrogen-bond donors (Lipinski definition) is 1. The number of benzene rings is 2. The van der Waals surface area contributed by atoms with Gasteiger partial charge in [0, 0.05) is 44.3 Å². The molecule has 2 saturated heterocycles. The number of rotatable bonds is 3. The number of carboxylic acid groups (broad SMARTS) is 1.